The maximum absolute atomic E-state index is 14.0. The van der Waals surface area contributed by atoms with Gasteiger partial charge in [0.25, 0.3) is 11.8 Å². The van der Waals surface area contributed by atoms with Crippen molar-refractivity contribution in [3.63, 3.8) is 0 Å². The summed E-state index contributed by atoms with van der Waals surface area (Å²) in [5.41, 5.74) is -0.834. The number of aryl methyl sites for hydroxylation is 1. The molecule has 190 valence electrons. The number of anilines is 1. The summed E-state index contributed by atoms with van der Waals surface area (Å²) in [5.74, 6) is -3.62. The molecule has 37 heavy (non-hydrogen) atoms. The van der Waals surface area contributed by atoms with Crippen LogP contribution in [0.15, 0.2) is 42.5 Å². The van der Waals surface area contributed by atoms with E-state index in [1.54, 1.807) is 0 Å². The predicted molar refractivity (Wildman–Crippen MR) is 126 cm³/mol. The molecular weight excluding hydrogens is 542 g/mol. The maximum atomic E-state index is 14.0. The summed E-state index contributed by atoms with van der Waals surface area (Å²) in [7, 11) is 1.53. The molecule has 2 N–H and O–H groups in total. The molecule has 0 saturated heterocycles. The van der Waals surface area contributed by atoms with Gasteiger partial charge in [0, 0.05) is 34.3 Å². The molecule has 2 amide bonds. The number of halogens is 7. The standard InChI is InChI=1S/C24H13Cl2F5N4O2/c1-35-21-19-17(34-35)3-2-16(32-22(36)9-4-10(24(29,30)31)6-11(27)5-9)18(19)20(33-23(21)37)12-7-14(26)15(28)8-13(12)25/h2-8,20H,1H3,(H,32,36)(H,33,37). The van der Waals surface area contributed by atoms with Gasteiger partial charge in [0.1, 0.15) is 17.3 Å². The van der Waals surface area contributed by atoms with Gasteiger partial charge < -0.3 is 10.6 Å². The van der Waals surface area contributed by atoms with Crippen molar-refractivity contribution in [1.82, 2.24) is 15.1 Å². The first-order valence-corrected chi connectivity index (χ1v) is 11.2. The highest BCUT2D eigenvalue weighted by molar-refractivity contribution is 6.34. The number of nitrogens with one attached hydrogen (secondary N) is 2. The van der Waals surface area contributed by atoms with Gasteiger partial charge in [-0.1, -0.05) is 23.2 Å². The van der Waals surface area contributed by atoms with Crippen LogP contribution < -0.4 is 10.6 Å². The number of aromatic nitrogens is 2. The van der Waals surface area contributed by atoms with E-state index in [2.05, 4.69) is 15.7 Å². The van der Waals surface area contributed by atoms with Gasteiger partial charge in [-0.25, -0.2) is 8.78 Å². The van der Waals surface area contributed by atoms with Crippen molar-refractivity contribution in [2.45, 2.75) is 12.2 Å². The lowest BCUT2D eigenvalue weighted by Gasteiger charge is -2.28. The molecular formula is C24H13Cl2F5N4O2. The molecule has 0 radical (unpaired) electrons. The lowest BCUT2D eigenvalue weighted by Crippen LogP contribution is -2.35. The molecule has 0 bridgehead atoms. The second-order valence-corrected chi connectivity index (χ2v) is 9.08. The summed E-state index contributed by atoms with van der Waals surface area (Å²) in [6.07, 6.45) is -4.87. The summed E-state index contributed by atoms with van der Waals surface area (Å²) in [5, 5.41) is 9.50. The molecule has 0 fully saturated rings. The molecule has 5 rings (SSSR count). The van der Waals surface area contributed by atoms with Crippen LogP contribution in [0.3, 0.4) is 0 Å². The van der Waals surface area contributed by atoms with E-state index in [4.69, 9.17) is 23.2 Å². The van der Waals surface area contributed by atoms with Gasteiger partial charge in [-0.15, -0.1) is 0 Å². The van der Waals surface area contributed by atoms with Gasteiger partial charge in [-0.3, -0.25) is 14.3 Å². The van der Waals surface area contributed by atoms with Gasteiger partial charge in [0.15, 0.2) is 0 Å². The molecule has 13 heteroatoms. The molecule has 1 aromatic heterocycles. The van der Waals surface area contributed by atoms with E-state index in [0.717, 1.165) is 6.07 Å². The lowest BCUT2D eigenvalue weighted by molar-refractivity contribution is -0.137. The van der Waals surface area contributed by atoms with Gasteiger partial charge >= 0.3 is 6.18 Å². The van der Waals surface area contributed by atoms with Crippen molar-refractivity contribution in [2.75, 3.05) is 5.32 Å². The summed E-state index contributed by atoms with van der Waals surface area (Å²) >= 11 is 12.2. The van der Waals surface area contributed by atoms with Crippen molar-refractivity contribution in [1.29, 1.82) is 0 Å². The zero-order valence-electron chi connectivity index (χ0n) is 18.5. The van der Waals surface area contributed by atoms with E-state index in [9.17, 15) is 31.5 Å². The fourth-order valence-electron chi connectivity index (χ4n) is 4.33. The van der Waals surface area contributed by atoms with Crippen LogP contribution in [0.25, 0.3) is 10.9 Å². The average Bonchev–Trinajstić information content (AvgIpc) is 3.15. The zero-order chi connectivity index (χ0) is 26.8. The molecule has 0 aliphatic carbocycles. The minimum Gasteiger partial charge on any atom is -0.340 e. The van der Waals surface area contributed by atoms with E-state index in [1.165, 1.54) is 29.9 Å². The molecule has 1 unspecified atom stereocenters. The van der Waals surface area contributed by atoms with Gasteiger partial charge in [-0.2, -0.15) is 18.3 Å². The first-order valence-electron chi connectivity index (χ1n) is 10.5. The minimum absolute atomic E-state index is 0.0751. The number of nitrogens with zero attached hydrogens (tertiary/aromatic N) is 2. The highest BCUT2D eigenvalue weighted by atomic mass is 35.5. The molecule has 4 aromatic rings. The first-order chi connectivity index (χ1) is 17.3. The maximum Gasteiger partial charge on any atom is 0.416 e. The Morgan fingerprint density at radius 3 is 2.51 bits per heavy atom. The monoisotopic (exact) mass is 554 g/mol. The quantitative estimate of drug-likeness (QED) is 0.232. The summed E-state index contributed by atoms with van der Waals surface area (Å²) in [6.45, 7) is 0. The predicted octanol–water partition coefficient (Wildman–Crippen LogP) is 6.26. The largest absolute Gasteiger partial charge is 0.416 e. The number of hydrogen-bond donors (Lipinski definition) is 2. The summed E-state index contributed by atoms with van der Waals surface area (Å²) in [6, 6.07) is 5.53. The Hall–Kier alpha value is -3.70. The Labute approximate surface area is 215 Å². The van der Waals surface area contributed by atoms with Crippen LogP contribution in [-0.2, 0) is 13.2 Å². The van der Waals surface area contributed by atoms with Gasteiger partial charge in [0.05, 0.1) is 22.1 Å². The van der Waals surface area contributed by atoms with Crippen LogP contribution in [-0.4, -0.2) is 21.6 Å². The number of carbonyl (C=O) groups excluding carboxylic acids is 2. The Morgan fingerprint density at radius 2 is 1.81 bits per heavy atom. The molecule has 3 aromatic carbocycles. The Balaban J connectivity index is 1.68. The zero-order valence-corrected chi connectivity index (χ0v) is 20.0. The molecule has 6 nitrogen and oxygen atoms in total. The van der Waals surface area contributed by atoms with Crippen molar-refractivity contribution < 1.29 is 31.5 Å². The number of hydrogen-bond acceptors (Lipinski definition) is 3. The van der Waals surface area contributed by atoms with Crippen LogP contribution in [0.5, 0.6) is 0 Å². The van der Waals surface area contributed by atoms with Crippen LogP contribution in [0, 0.1) is 11.6 Å². The topological polar surface area (TPSA) is 76.0 Å². The van der Waals surface area contributed by atoms with E-state index >= 15 is 0 Å². The number of benzene rings is 3. The van der Waals surface area contributed by atoms with Crippen LogP contribution in [0.1, 0.15) is 43.6 Å². The van der Waals surface area contributed by atoms with Crippen LogP contribution in [0.4, 0.5) is 27.6 Å². The average molecular weight is 555 g/mol. The molecule has 0 saturated carbocycles. The lowest BCUT2D eigenvalue weighted by atomic mass is 9.89. The van der Waals surface area contributed by atoms with E-state index in [1.807, 2.05) is 0 Å². The minimum atomic E-state index is -4.87. The number of alkyl halides is 3. The highest BCUT2D eigenvalue weighted by Crippen LogP contribution is 2.42. The number of amides is 2. The highest BCUT2D eigenvalue weighted by Gasteiger charge is 2.36. The third kappa shape index (κ3) is 4.27. The van der Waals surface area contributed by atoms with Crippen molar-refractivity contribution in [3.05, 3.63) is 92.1 Å². The number of carbonyl (C=O) groups is 2. The van der Waals surface area contributed by atoms with Gasteiger partial charge in [-0.05, 0) is 48.0 Å². The van der Waals surface area contributed by atoms with Crippen molar-refractivity contribution >= 4 is 51.6 Å². The molecule has 0 spiro atoms. The molecule has 2 heterocycles. The van der Waals surface area contributed by atoms with E-state index < -0.39 is 46.8 Å². The third-order valence-corrected chi connectivity index (χ3v) is 6.52. The third-order valence-electron chi connectivity index (χ3n) is 5.91. The van der Waals surface area contributed by atoms with E-state index in [-0.39, 0.29) is 38.6 Å². The van der Waals surface area contributed by atoms with Gasteiger partial charge in [0.2, 0.25) is 0 Å². The first kappa shape index (κ1) is 25.0. The van der Waals surface area contributed by atoms with Crippen LogP contribution in [0.2, 0.25) is 10.0 Å². The second-order valence-electron chi connectivity index (χ2n) is 8.27. The molecule has 1 aliphatic rings. The second kappa shape index (κ2) is 8.70. The Kier molecular flexibility index (Phi) is 5.87. The fourth-order valence-corrected chi connectivity index (χ4v) is 4.76. The summed E-state index contributed by atoms with van der Waals surface area (Å²) < 4.78 is 68.7. The normalized spacial score (nSPS) is 15.1. The SMILES string of the molecule is Cn1nc2ccc(NC(=O)c3cc(F)cc(C(F)(F)F)c3)c3c2c1C(=O)NC3c1cc(Cl)c(F)cc1Cl. The fraction of sp³-hybridized carbons (Fsp3) is 0.125. The molecule has 1 atom stereocenters. The molecule has 1 aliphatic heterocycles. The Morgan fingerprint density at radius 1 is 1.08 bits per heavy atom. The number of rotatable bonds is 3. The van der Waals surface area contributed by atoms with Crippen molar-refractivity contribution in [3.8, 4) is 0 Å². The van der Waals surface area contributed by atoms with Crippen LogP contribution >= 0.6 is 23.2 Å². The van der Waals surface area contributed by atoms with E-state index in [0.29, 0.717) is 23.0 Å². The Bertz CT molecular complexity index is 1630. The summed E-state index contributed by atoms with van der Waals surface area (Å²) in [4.78, 5) is 25.9. The smallest absolute Gasteiger partial charge is 0.340 e. The van der Waals surface area contributed by atoms with Crippen molar-refractivity contribution in [2.24, 2.45) is 7.05 Å².